The van der Waals surface area contributed by atoms with Gasteiger partial charge in [0.25, 0.3) is 0 Å². The number of unbranched alkanes of at least 4 members (excludes halogenated alkanes) is 10. The quantitative estimate of drug-likeness (QED) is 0.0219. The molecule has 98 heavy (non-hydrogen) atoms. The van der Waals surface area contributed by atoms with Crippen LogP contribution in [0.1, 0.15) is 158 Å². The SMILES string of the molecule is CCCCCCCCn1cc[n+](Cc2ccc(C[n+]3ccn(Cc4ccc(C[n+]5ccn(Cc6ccc(COC(=O)OCc7ccc(Cn8cc[n+](Cc9ccc(Cn%10cc[n+](Cc%11ccc(C[n+]%12ccn(CCCCCCCC)c%12)cc%11)c%10)cc9)c8)cc7)cc6)c5)cc4)c3)cc2)c1. The van der Waals surface area contributed by atoms with Crippen LogP contribution in [0, 0.1) is 0 Å². The van der Waals surface area contributed by atoms with Crippen LogP contribution in [-0.2, 0) is 101 Å². The van der Waals surface area contributed by atoms with E-state index in [0.29, 0.717) is 0 Å². The third kappa shape index (κ3) is 21.4. The molecule has 0 amide bonds. The highest BCUT2D eigenvalue weighted by atomic mass is 16.7. The molecule has 6 heterocycles. The lowest BCUT2D eigenvalue weighted by Gasteiger charge is -2.08. The lowest BCUT2D eigenvalue weighted by Crippen LogP contribution is -2.32. The van der Waals surface area contributed by atoms with Gasteiger partial charge in [0.15, 0.2) is 0 Å². The lowest BCUT2D eigenvalue weighted by atomic mass is 10.1. The van der Waals surface area contributed by atoms with Gasteiger partial charge in [0, 0.05) is 0 Å². The number of aromatic nitrogens is 12. The molecule has 0 unspecified atom stereocenters. The summed E-state index contributed by atoms with van der Waals surface area (Å²) in [4.78, 5) is 12.6. The highest BCUT2D eigenvalue weighted by Gasteiger charge is 2.15. The van der Waals surface area contributed by atoms with E-state index >= 15 is 0 Å². The maximum Gasteiger partial charge on any atom is 0.508 e. The Morgan fingerprint density at radius 1 is 0.265 bits per heavy atom. The first-order chi connectivity index (χ1) is 48.2. The number of hydrogen-bond acceptors (Lipinski definition) is 3. The largest absolute Gasteiger partial charge is 0.508 e. The molecule has 0 saturated carbocycles. The third-order valence-electron chi connectivity index (χ3n) is 18.5. The Morgan fingerprint density at radius 2 is 0.469 bits per heavy atom. The van der Waals surface area contributed by atoms with Crippen molar-refractivity contribution < 1.29 is 41.7 Å². The first-order valence-electron chi connectivity index (χ1n) is 35.8. The molecule has 12 rings (SSSR count). The van der Waals surface area contributed by atoms with Gasteiger partial charge in [-0.05, 0) is 92.4 Å². The number of hydrogen-bond donors (Lipinski definition) is 0. The predicted octanol–water partition coefficient (Wildman–Crippen LogP) is 13.3. The first kappa shape index (κ1) is 67.8. The molecular weight excluding hydrogens is 1210 g/mol. The molecule has 0 bridgehead atoms. The fourth-order valence-electron chi connectivity index (χ4n) is 12.9. The smallest absolute Gasteiger partial charge is 0.429 e. The molecule has 0 aliphatic carbocycles. The van der Waals surface area contributed by atoms with Crippen LogP contribution in [0.2, 0.25) is 0 Å². The minimum absolute atomic E-state index is 0.139. The Bertz CT molecular complexity index is 4040. The number of rotatable bonds is 38. The average molecular weight is 1310 g/mol. The topological polar surface area (TPSA) is 88.4 Å². The minimum atomic E-state index is -0.688. The van der Waals surface area contributed by atoms with Crippen LogP contribution < -0.4 is 27.4 Å². The van der Waals surface area contributed by atoms with Crippen molar-refractivity contribution in [2.24, 2.45) is 0 Å². The van der Waals surface area contributed by atoms with Gasteiger partial charge in [-0.2, -0.15) is 0 Å². The van der Waals surface area contributed by atoms with E-state index in [0.717, 1.165) is 101 Å². The number of nitrogens with zero attached hydrogens (tertiary/aromatic N) is 12. The summed E-state index contributed by atoms with van der Waals surface area (Å²) in [7, 11) is 0. The van der Waals surface area contributed by atoms with Crippen molar-refractivity contribution in [3.63, 3.8) is 0 Å². The van der Waals surface area contributed by atoms with Gasteiger partial charge in [0.2, 0.25) is 38.0 Å². The highest BCUT2D eigenvalue weighted by molar-refractivity contribution is 5.60. The van der Waals surface area contributed by atoms with Crippen molar-refractivity contribution in [1.82, 2.24) is 27.4 Å². The molecule has 6 aromatic heterocycles. The van der Waals surface area contributed by atoms with Gasteiger partial charge in [-0.3, -0.25) is 0 Å². The van der Waals surface area contributed by atoms with Gasteiger partial charge in [-0.25, -0.2) is 59.6 Å². The summed E-state index contributed by atoms with van der Waals surface area (Å²) in [5.74, 6) is 0. The van der Waals surface area contributed by atoms with Crippen LogP contribution in [0.3, 0.4) is 0 Å². The van der Waals surface area contributed by atoms with E-state index in [1.54, 1.807) is 0 Å². The fourth-order valence-corrected chi connectivity index (χ4v) is 12.9. The lowest BCUT2D eigenvalue weighted by molar-refractivity contribution is -0.688. The predicted molar refractivity (Wildman–Crippen MR) is 379 cm³/mol. The second kappa shape index (κ2) is 35.2. The standard InChI is InChI=1S/C83H100N12O3/c1-3-5-7-9-11-13-39-84-41-43-86(65-84)53-71-15-19-73(20-16-71)55-88-45-47-90(67-88)57-75-23-27-77(28-24-75)59-92-49-51-94(69-92)61-79-31-35-81(36-32-79)63-97-83(96)98-64-82-37-33-80(34-38-82)62-95-52-50-93(70-95)60-78-29-25-76(26-30-78)58-91-48-46-89(68-91)56-74-21-17-72(18-22-74)54-87-44-42-85(66-87)40-14-12-10-8-6-4-2/h15-38,41-52,65-70H,3-14,39-40,53-64H2,1-2H3/q+6. The molecular formula is C83H100N12O3+6. The van der Waals surface area contributed by atoms with Crippen molar-refractivity contribution in [3.05, 3.63) is 325 Å². The Labute approximate surface area is 579 Å². The van der Waals surface area contributed by atoms with Crippen LogP contribution in [-0.4, -0.2) is 33.6 Å². The molecule has 0 atom stereocenters. The average Bonchev–Trinajstić information content (AvgIpc) is 1.77. The molecule has 0 aliphatic rings. The van der Waals surface area contributed by atoms with Gasteiger partial charge >= 0.3 is 6.16 Å². The fraction of sp³-hybridized carbons (Fsp3) is 0.337. The first-order valence-corrected chi connectivity index (χ1v) is 35.8. The number of aryl methyl sites for hydroxylation is 2. The van der Waals surface area contributed by atoms with Crippen molar-refractivity contribution in [1.29, 1.82) is 0 Å². The molecule has 15 heteroatoms. The van der Waals surface area contributed by atoms with Crippen LogP contribution in [0.15, 0.2) is 258 Å². The Hall–Kier alpha value is -10.2. The molecule has 12 aromatic rings. The normalized spacial score (nSPS) is 11.4. The van der Waals surface area contributed by atoms with E-state index in [2.05, 4.69) is 302 Å². The van der Waals surface area contributed by atoms with Crippen LogP contribution in [0.5, 0.6) is 0 Å². The summed E-state index contributed by atoms with van der Waals surface area (Å²) in [6.45, 7) is 15.1. The monoisotopic (exact) mass is 1310 g/mol. The second-order valence-electron chi connectivity index (χ2n) is 26.9. The van der Waals surface area contributed by atoms with Crippen LogP contribution in [0.4, 0.5) is 4.79 Å². The van der Waals surface area contributed by atoms with Crippen molar-refractivity contribution in [2.75, 3.05) is 0 Å². The molecule has 0 saturated heterocycles. The van der Waals surface area contributed by atoms with E-state index in [9.17, 15) is 4.79 Å². The van der Waals surface area contributed by atoms with Crippen molar-refractivity contribution in [3.8, 4) is 0 Å². The number of benzene rings is 6. The van der Waals surface area contributed by atoms with Crippen LogP contribution in [0.25, 0.3) is 0 Å². The van der Waals surface area contributed by atoms with Gasteiger partial charge in [0.05, 0.1) is 13.1 Å². The maximum atomic E-state index is 12.6. The minimum Gasteiger partial charge on any atom is -0.429 e. The summed E-state index contributed by atoms with van der Waals surface area (Å²) in [6, 6.07) is 52.3. The zero-order valence-electron chi connectivity index (χ0n) is 57.7. The van der Waals surface area contributed by atoms with E-state index in [-0.39, 0.29) is 13.2 Å². The summed E-state index contributed by atoms with van der Waals surface area (Å²) >= 11 is 0. The van der Waals surface area contributed by atoms with Gasteiger partial charge < -0.3 is 9.47 Å². The molecule has 504 valence electrons. The van der Waals surface area contributed by atoms with Crippen molar-refractivity contribution in [2.45, 2.75) is 183 Å². The number of carbonyl (C=O) groups excluding carboxylic acids is 1. The summed E-state index contributed by atoms with van der Waals surface area (Å²) in [6.07, 6.45) is 54.2. The molecule has 0 spiro atoms. The zero-order valence-corrected chi connectivity index (χ0v) is 57.7. The van der Waals surface area contributed by atoms with Gasteiger partial charge in [-0.15, -0.1) is 0 Å². The van der Waals surface area contributed by atoms with Gasteiger partial charge in [-0.1, -0.05) is 211 Å². The highest BCUT2D eigenvalue weighted by Crippen LogP contribution is 2.16. The van der Waals surface area contributed by atoms with Crippen LogP contribution >= 0.6 is 0 Å². The Kier molecular flexibility index (Phi) is 24.4. The number of carbonyl (C=O) groups is 1. The van der Waals surface area contributed by atoms with E-state index < -0.39 is 6.16 Å². The van der Waals surface area contributed by atoms with Crippen molar-refractivity contribution >= 4 is 6.16 Å². The molecule has 0 radical (unpaired) electrons. The van der Waals surface area contributed by atoms with E-state index in [4.69, 9.17) is 9.47 Å². The molecule has 6 aromatic carbocycles. The number of ether oxygens (including phenoxy) is 2. The maximum absolute atomic E-state index is 12.6. The second-order valence-corrected chi connectivity index (χ2v) is 26.9. The molecule has 0 aliphatic heterocycles. The molecule has 0 fully saturated rings. The van der Waals surface area contributed by atoms with Gasteiger partial charge in [0.1, 0.15) is 153 Å². The number of imidazole rings is 6. The third-order valence-corrected chi connectivity index (χ3v) is 18.5. The Morgan fingerprint density at radius 3 is 0.724 bits per heavy atom. The summed E-state index contributed by atoms with van der Waals surface area (Å²) in [5.41, 5.74) is 14.4. The Balaban J connectivity index is 0.504. The molecule has 15 nitrogen and oxygen atoms in total. The van der Waals surface area contributed by atoms with E-state index in [1.165, 1.54) is 122 Å². The summed E-state index contributed by atoms with van der Waals surface area (Å²) < 4.78 is 38.0. The zero-order chi connectivity index (χ0) is 66.9. The van der Waals surface area contributed by atoms with E-state index in [1.807, 2.05) is 24.3 Å². The molecule has 0 N–H and O–H groups in total. The summed E-state index contributed by atoms with van der Waals surface area (Å²) in [5, 5.41) is 0.